The summed E-state index contributed by atoms with van der Waals surface area (Å²) >= 11 is 1.41. The number of fused-ring (bicyclic) bond motifs is 3. The Labute approximate surface area is 299 Å². The molecule has 0 radical (unpaired) electrons. The van der Waals surface area contributed by atoms with Crippen LogP contribution >= 0.6 is 11.9 Å². The molecule has 5 amide bonds. The molecule has 2 unspecified atom stereocenters. The lowest BCUT2D eigenvalue weighted by Crippen LogP contribution is -2.56. The van der Waals surface area contributed by atoms with Gasteiger partial charge in [-0.2, -0.15) is 0 Å². The van der Waals surface area contributed by atoms with Crippen molar-refractivity contribution in [3.05, 3.63) is 34.9 Å². The van der Waals surface area contributed by atoms with Crippen LogP contribution in [-0.2, 0) is 43.4 Å². The largest absolute Gasteiger partial charge is 0.449 e. The maximum atomic E-state index is 14.3. The summed E-state index contributed by atoms with van der Waals surface area (Å²) in [6.07, 6.45) is 10.3. The van der Waals surface area contributed by atoms with Crippen molar-refractivity contribution in [2.75, 3.05) is 13.2 Å². The van der Waals surface area contributed by atoms with Crippen LogP contribution in [0.1, 0.15) is 114 Å². The molecule has 5 atom stereocenters. The van der Waals surface area contributed by atoms with Crippen LogP contribution in [0.2, 0.25) is 0 Å². The van der Waals surface area contributed by atoms with E-state index in [1.54, 1.807) is 4.90 Å². The minimum atomic E-state index is -0.978. The molecule has 4 aliphatic heterocycles. The first-order valence-electron chi connectivity index (χ1n) is 18.8. The van der Waals surface area contributed by atoms with E-state index in [9.17, 15) is 24.0 Å². The number of ether oxygens (including phenoxy) is 2. The van der Waals surface area contributed by atoms with Crippen LogP contribution in [0.3, 0.4) is 0 Å². The van der Waals surface area contributed by atoms with Crippen molar-refractivity contribution in [1.29, 1.82) is 0 Å². The Hall–Kier alpha value is -3.48. The monoisotopic (exact) mass is 711 g/mol. The van der Waals surface area contributed by atoms with E-state index < -0.39 is 48.2 Å². The van der Waals surface area contributed by atoms with Crippen LogP contribution in [-0.4, -0.2) is 82.3 Å². The van der Waals surface area contributed by atoms with Crippen molar-refractivity contribution in [2.45, 2.75) is 146 Å². The highest BCUT2D eigenvalue weighted by molar-refractivity contribution is 7.98. The van der Waals surface area contributed by atoms with Crippen LogP contribution in [0.15, 0.2) is 18.2 Å². The average molecular weight is 712 g/mol. The van der Waals surface area contributed by atoms with Gasteiger partial charge in [0.1, 0.15) is 24.2 Å². The molecular formula is C37H53N5O7S. The number of hydrogen-bond acceptors (Lipinski definition) is 8. The van der Waals surface area contributed by atoms with Gasteiger partial charge in [-0.3, -0.25) is 24.0 Å². The van der Waals surface area contributed by atoms with Gasteiger partial charge < -0.3 is 25.0 Å². The van der Waals surface area contributed by atoms with E-state index in [0.717, 1.165) is 88.2 Å². The number of amides is 5. The third-order valence-electron chi connectivity index (χ3n) is 10.7. The minimum absolute atomic E-state index is 0.00730. The Morgan fingerprint density at radius 3 is 2.42 bits per heavy atom. The van der Waals surface area contributed by atoms with Crippen LogP contribution in [0, 0.1) is 5.92 Å². The molecule has 13 heteroatoms. The van der Waals surface area contributed by atoms with Crippen molar-refractivity contribution in [2.24, 2.45) is 5.92 Å². The van der Waals surface area contributed by atoms with E-state index in [4.69, 9.17) is 9.47 Å². The second-order valence-electron chi connectivity index (χ2n) is 14.8. The summed E-state index contributed by atoms with van der Waals surface area (Å²) in [5, 5.41) is 6.19. The summed E-state index contributed by atoms with van der Waals surface area (Å²) in [7, 11) is 0. The van der Waals surface area contributed by atoms with E-state index in [1.165, 1.54) is 22.4 Å². The Morgan fingerprint density at radius 1 is 0.880 bits per heavy atom. The van der Waals surface area contributed by atoms with E-state index in [0.29, 0.717) is 31.2 Å². The standard InChI is InChI=1S/C37H53N5O7S/c1-24-11-8-9-12-25-13-10-14-26-20-41(22-29(25)26)37(47)49-27-19-32-34(44)38-30(33(43)40-50-28-17-18-28)15-6-4-2-3-5-7-16-31(35(45)42(32)21-27)39-36(46)48-23-24/h10,13-14,24,27-28,30-32H,2-9,11-12,15-23H2,1H3,(H,38,44)(H,39,46)(H,40,43)/t24?,27-,30?,31+,32+/m1/s1. The molecule has 1 aromatic carbocycles. The van der Waals surface area contributed by atoms with Gasteiger partial charge in [-0.1, -0.05) is 70.1 Å². The lowest BCUT2D eigenvalue weighted by Gasteiger charge is -2.29. The maximum absolute atomic E-state index is 14.3. The van der Waals surface area contributed by atoms with Crippen molar-refractivity contribution < 1.29 is 33.4 Å². The van der Waals surface area contributed by atoms with E-state index >= 15 is 0 Å². The molecule has 0 aromatic heterocycles. The highest BCUT2D eigenvalue weighted by Gasteiger charge is 2.45. The number of aryl methyl sites for hydroxylation is 1. The Kier molecular flexibility index (Phi) is 12.5. The van der Waals surface area contributed by atoms with Crippen LogP contribution in [0.5, 0.6) is 0 Å². The summed E-state index contributed by atoms with van der Waals surface area (Å²) < 4.78 is 14.6. The molecule has 0 spiro atoms. The number of benzene rings is 1. The third-order valence-corrected chi connectivity index (χ3v) is 11.8. The van der Waals surface area contributed by atoms with Crippen molar-refractivity contribution in [3.63, 3.8) is 0 Å². The van der Waals surface area contributed by atoms with Gasteiger partial charge in [0.05, 0.1) is 13.2 Å². The molecule has 274 valence electrons. The number of hydrogen-bond donors (Lipinski definition) is 3. The molecule has 6 rings (SSSR count). The summed E-state index contributed by atoms with van der Waals surface area (Å²) in [6, 6.07) is 3.58. The van der Waals surface area contributed by atoms with Gasteiger partial charge in [-0.05, 0) is 79.5 Å². The molecule has 2 saturated heterocycles. The van der Waals surface area contributed by atoms with Gasteiger partial charge >= 0.3 is 12.2 Å². The molecule has 4 heterocycles. The Morgan fingerprint density at radius 2 is 1.62 bits per heavy atom. The van der Waals surface area contributed by atoms with Gasteiger partial charge in [-0.15, -0.1) is 0 Å². The summed E-state index contributed by atoms with van der Waals surface area (Å²) in [4.78, 5) is 71.4. The zero-order chi connectivity index (χ0) is 35.0. The fourth-order valence-corrected chi connectivity index (χ4v) is 8.33. The number of carbonyl (C=O) groups excluding carboxylic acids is 5. The highest BCUT2D eigenvalue weighted by atomic mass is 32.2. The number of nitrogens with one attached hydrogen (secondary N) is 3. The van der Waals surface area contributed by atoms with Crippen LogP contribution in [0.25, 0.3) is 0 Å². The van der Waals surface area contributed by atoms with Crippen molar-refractivity contribution in [1.82, 2.24) is 25.2 Å². The van der Waals surface area contributed by atoms with E-state index in [1.807, 2.05) is 6.07 Å². The molecule has 12 nitrogen and oxygen atoms in total. The smallest absolute Gasteiger partial charge is 0.410 e. The zero-order valence-corrected chi connectivity index (χ0v) is 30.1. The zero-order valence-electron chi connectivity index (χ0n) is 29.3. The number of rotatable bonds is 3. The first-order valence-corrected chi connectivity index (χ1v) is 19.7. The molecule has 1 aliphatic carbocycles. The predicted molar refractivity (Wildman–Crippen MR) is 189 cm³/mol. The third kappa shape index (κ3) is 9.64. The molecule has 1 saturated carbocycles. The molecular weight excluding hydrogens is 659 g/mol. The fourth-order valence-electron chi connectivity index (χ4n) is 7.54. The highest BCUT2D eigenvalue weighted by Crippen LogP contribution is 2.32. The topological polar surface area (TPSA) is 146 Å². The maximum Gasteiger partial charge on any atom is 0.410 e. The van der Waals surface area contributed by atoms with Gasteiger partial charge in [-0.25, -0.2) is 9.59 Å². The normalized spacial score (nSPS) is 29.2. The first kappa shape index (κ1) is 36.3. The summed E-state index contributed by atoms with van der Waals surface area (Å²) in [5.74, 6) is -0.967. The SMILES string of the molecule is CC1CCCCc2cccc3c2CN(C3)C(=O)O[C@@H]2C[C@H]3C(=O)NC(C(=O)NSC4CC4)CCCCCCCC[C@H](NC(=O)OC1)C(=O)N3C2. The first-order chi connectivity index (χ1) is 24.2. The predicted octanol–water partition coefficient (Wildman–Crippen LogP) is 5.11. The molecule has 3 N–H and O–H groups in total. The molecule has 50 heavy (non-hydrogen) atoms. The average Bonchev–Trinajstić information content (AvgIpc) is 3.67. The minimum Gasteiger partial charge on any atom is -0.449 e. The molecule has 5 bridgehead atoms. The lowest BCUT2D eigenvalue weighted by atomic mass is 9.97. The van der Waals surface area contributed by atoms with E-state index in [-0.39, 0.29) is 31.4 Å². The Balaban J connectivity index is 1.24. The molecule has 3 fully saturated rings. The number of carbonyl (C=O) groups is 5. The van der Waals surface area contributed by atoms with Gasteiger partial charge in [0.25, 0.3) is 5.91 Å². The number of nitrogens with zero attached hydrogens (tertiary/aromatic N) is 2. The van der Waals surface area contributed by atoms with Gasteiger partial charge in [0, 0.05) is 24.8 Å². The van der Waals surface area contributed by atoms with Gasteiger partial charge in [0.15, 0.2) is 0 Å². The van der Waals surface area contributed by atoms with Crippen molar-refractivity contribution >= 4 is 41.9 Å². The fraction of sp³-hybridized carbons (Fsp3) is 0.703. The van der Waals surface area contributed by atoms with Gasteiger partial charge in [0.2, 0.25) is 11.8 Å². The second-order valence-corrected chi connectivity index (χ2v) is 16.0. The number of cyclic esters (lactones) is 1. The molecule has 5 aliphatic rings. The lowest BCUT2D eigenvalue weighted by molar-refractivity contribution is -0.141. The molecule has 1 aromatic rings. The number of alkyl carbamates (subject to hydrolysis) is 1. The van der Waals surface area contributed by atoms with Crippen molar-refractivity contribution in [3.8, 4) is 0 Å². The summed E-state index contributed by atoms with van der Waals surface area (Å²) in [6.45, 7) is 3.21. The second kappa shape index (κ2) is 17.2. The van der Waals surface area contributed by atoms with Crippen LogP contribution in [0.4, 0.5) is 9.59 Å². The quantitative estimate of drug-likeness (QED) is 0.367. The Bertz CT molecular complexity index is 1410. The summed E-state index contributed by atoms with van der Waals surface area (Å²) in [5.41, 5.74) is 3.49. The van der Waals surface area contributed by atoms with E-state index in [2.05, 4.69) is 34.4 Å². The van der Waals surface area contributed by atoms with Crippen LogP contribution < -0.4 is 15.4 Å².